The van der Waals surface area contributed by atoms with E-state index in [0.29, 0.717) is 10.6 Å². The Balaban J connectivity index is 1.43. The number of pyridine rings is 1. The summed E-state index contributed by atoms with van der Waals surface area (Å²) in [5.74, 6) is -1.92. The predicted molar refractivity (Wildman–Crippen MR) is 145 cm³/mol. The van der Waals surface area contributed by atoms with Crippen molar-refractivity contribution in [1.82, 2.24) is 20.0 Å². The number of carbonyl (C=O) groups is 2. The van der Waals surface area contributed by atoms with Crippen LogP contribution in [0.5, 0.6) is 0 Å². The van der Waals surface area contributed by atoms with Crippen LogP contribution in [0.15, 0.2) is 59.8 Å². The average molecular weight is 559 g/mol. The van der Waals surface area contributed by atoms with Crippen molar-refractivity contribution in [1.29, 1.82) is 0 Å². The number of carbonyl (C=O) groups excluding carboxylic acids is 1. The number of anilines is 2. The van der Waals surface area contributed by atoms with E-state index in [-0.39, 0.29) is 10.8 Å². The van der Waals surface area contributed by atoms with Crippen molar-refractivity contribution >= 4 is 44.1 Å². The molecule has 0 radical (unpaired) electrons. The first-order valence-electron chi connectivity index (χ1n) is 12.1. The standard InChI is InChI=1S/C25H30N6O5S2/c1-17(2)21-22(37-25(28-21)31-14-12-30(13-15-31)18-8-10-26-11-9-18)23(32)27-16-20(24(33)34)29-38(35,36)19-6-4-3-5-7-19/h3-11,17,20,29H,12-16H2,1-2H3,(H,27,32)(H,33,34). The van der Waals surface area contributed by atoms with Gasteiger partial charge in [-0.15, -0.1) is 0 Å². The molecule has 38 heavy (non-hydrogen) atoms. The van der Waals surface area contributed by atoms with E-state index in [2.05, 4.69) is 24.8 Å². The topological polar surface area (TPSA) is 145 Å². The van der Waals surface area contributed by atoms with Gasteiger partial charge in [-0.05, 0) is 30.2 Å². The molecule has 11 nitrogen and oxygen atoms in total. The summed E-state index contributed by atoms with van der Waals surface area (Å²) in [6, 6.07) is 9.88. The number of carboxylic acid groups (broad SMARTS) is 1. The molecule has 0 bridgehead atoms. The summed E-state index contributed by atoms with van der Waals surface area (Å²) < 4.78 is 27.3. The van der Waals surface area contributed by atoms with Crippen molar-refractivity contribution in [3.8, 4) is 0 Å². The molecule has 202 valence electrons. The predicted octanol–water partition coefficient (Wildman–Crippen LogP) is 2.15. The maximum Gasteiger partial charge on any atom is 0.323 e. The molecule has 1 unspecified atom stereocenters. The van der Waals surface area contributed by atoms with Crippen LogP contribution in [-0.4, -0.2) is 74.1 Å². The number of nitrogens with zero attached hydrogens (tertiary/aromatic N) is 4. The highest BCUT2D eigenvalue weighted by Crippen LogP contribution is 2.32. The highest BCUT2D eigenvalue weighted by molar-refractivity contribution is 7.89. The summed E-state index contributed by atoms with van der Waals surface area (Å²) in [5.41, 5.74) is 1.73. The Morgan fingerprint density at radius 1 is 1.03 bits per heavy atom. The number of piperazine rings is 1. The summed E-state index contributed by atoms with van der Waals surface area (Å²) in [5, 5.41) is 12.9. The van der Waals surface area contributed by atoms with E-state index < -0.39 is 34.5 Å². The zero-order valence-corrected chi connectivity index (χ0v) is 22.7. The zero-order valence-electron chi connectivity index (χ0n) is 21.1. The number of carboxylic acids is 1. The van der Waals surface area contributed by atoms with E-state index in [1.165, 1.54) is 23.5 Å². The van der Waals surface area contributed by atoms with Gasteiger partial charge in [-0.25, -0.2) is 13.4 Å². The SMILES string of the molecule is CC(C)c1nc(N2CCN(c3ccncc3)CC2)sc1C(=O)NCC(NS(=O)(=O)c1ccccc1)C(=O)O. The highest BCUT2D eigenvalue weighted by Gasteiger charge is 2.29. The van der Waals surface area contributed by atoms with Crippen LogP contribution in [-0.2, 0) is 14.8 Å². The number of thiazole rings is 1. The first kappa shape index (κ1) is 27.5. The van der Waals surface area contributed by atoms with Crippen molar-refractivity contribution in [3.63, 3.8) is 0 Å². The third-order valence-corrected chi connectivity index (χ3v) is 8.71. The normalized spacial score (nSPS) is 14.9. The van der Waals surface area contributed by atoms with E-state index in [1.54, 1.807) is 30.6 Å². The molecular formula is C25H30N6O5S2. The Labute approximate surface area is 225 Å². The van der Waals surface area contributed by atoms with Crippen LogP contribution in [0, 0.1) is 0 Å². The minimum Gasteiger partial charge on any atom is -0.480 e. The third-order valence-electron chi connectivity index (χ3n) is 6.09. The molecule has 13 heteroatoms. The number of rotatable bonds is 10. The van der Waals surface area contributed by atoms with E-state index >= 15 is 0 Å². The van der Waals surface area contributed by atoms with Crippen molar-refractivity contribution < 1.29 is 23.1 Å². The Bertz CT molecular complexity index is 1360. The Morgan fingerprint density at radius 3 is 2.26 bits per heavy atom. The summed E-state index contributed by atoms with van der Waals surface area (Å²) >= 11 is 1.26. The number of benzene rings is 1. The van der Waals surface area contributed by atoms with Crippen LogP contribution in [0.2, 0.25) is 0 Å². The summed E-state index contributed by atoms with van der Waals surface area (Å²) in [6.07, 6.45) is 3.54. The van der Waals surface area contributed by atoms with Crippen molar-refractivity contribution in [2.24, 2.45) is 0 Å². The molecule has 1 aliphatic heterocycles. The first-order chi connectivity index (χ1) is 18.2. The van der Waals surface area contributed by atoms with Gasteiger partial charge >= 0.3 is 5.97 Å². The number of hydrogen-bond acceptors (Lipinski definition) is 9. The molecule has 1 aliphatic rings. The Morgan fingerprint density at radius 2 is 1.66 bits per heavy atom. The summed E-state index contributed by atoms with van der Waals surface area (Å²) in [7, 11) is -4.08. The van der Waals surface area contributed by atoms with Crippen LogP contribution >= 0.6 is 11.3 Å². The molecule has 2 aromatic heterocycles. The lowest BCUT2D eigenvalue weighted by atomic mass is 10.1. The first-order valence-corrected chi connectivity index (χ1v) is 14.4. The molecule has 1 atom stereocenters. The maximum atomic E-state index is 13.1. The number of amides is 1. The van der Waals surface area contributed by atoms with Gasteiger partial charge in [-0.3, -0.25) is 14.6 Å². The number of aliphatic carboxylic acids is 1. The van der Waals surface area contributed by atoms with Gasteiger partial charge in [0.05, 0.1) is 10.6 Å². The largest absolute Gasteiger partial charge is 0.480 e. The molecule has 0 saturated carbocycles. The molecule has 1 saturated heterocycles. The number of sulfonamides is 1. The second-order valence-corrected chi connectivity index (χ2v) is 11.8. The van der Waals surface area contributed by atoms with Gasteiger partial charge < -0.3 is 20.2 Å². The molecule has 3 heterocycles. The van der Waals surface area contributed by atoms with Crippen LogP contribution in [0.3, 0.4) is 0 Å². The summed E-state index contributed by atoms with van der Waals surface area (Å²) in [6.45, 7) is 6.51. The van der Waals surface area contributed by atoms with Gasteiger partial charge in [-0.1, -0.05) is 43.4 Å². The van der Waals surface area contributed by atoms with E-state index in [1.807, 2.05) is 26.0 Å². The van der Waals surface area contributed by atoms with E-state index in [0.717, 1.165) is 37.0 Å². The Hall–Kier alpha value is -3.55. The quantitative estimate of drug-likeness (QED) is 0.341. The molecule has 0 aliphatic carbocycles. The van der Waals surface area contributed by atoms with E-state index in [4.69, 9.17) is 4.98 Å². The lowest BCUT2D eigenvalue weighted by Gasteiger charge is -2.35. The molecule has 1 fully saturated rings. The number of aromatic nitrogens is 2. The molecule has 3 N–H and O–H groups in total. The van der Waals surface area contributed by atoms with Crippen molar-refractivity contribution in [2.45, 2.75) is 30.7 Å². The average Bonchev–Trinajstić information content (AvgIpc) is 3.38. The van der Waals surface area contributed by atoms with Crippen LogP contribution in [0.1, 0.15) is 35.1 Å². The minimum atomic E-state index is -4.08. The second kappa shape index (κ2) is 11.9. The molecule has 4 rings (SSSR count). The molecule has 1 amide bonds. The third kappa shape index (κ3) is 6.47. The van der Waals surface area contributed by atoms with E-state index in [9.17, 15) is 23.1 Å². The minimum absolute atomic E-state index is 0.0364. The molecule has 0 spiro atoms. The summed E-state index contributed by atoms with van der Waals surface area (Å²) in [4.78, 5) is 38.4. The second-order valence-electron chi connectivity index (χ2n) is 9.08. The fourth-order valence-electron chi connectivity index (χ4n) is 4.03. The van der Waals surface area contributed by atoms with Gasteiger partial charge in [0, 0.05) is 50.8 Å². The van der Waals surface area contributed by atoms with Gasteiger partial charge in [-0.2, -0.15) is 4.72 Å². The van der Waals surface area contributed by atoms with Crippen LogP contribution in [0.4, 0.5) is 10.8 Å². The Kier molecular flexibility index (Phi) is 8.59. The lowest BCUT2D eigenvalue weighted by molar-refractivity contribution is -0.138. The number of nitrogens with one attached hydrogen (secondary N) is 2. The maximum absolute atomic E-state index is 13.1. The van der Waals surface area contributed by atoms with Crippen LogP contribution < -0.4 is 19.8 Å². The van der Waals surface area contributed by atoms with Crippen molar-refractivity contribution in [2.75, 3.05) is 42.5 Å². The molecule has 3 aromatic rings. The monoisotopic (exact) mass is 558 g/mol. The van der Waals surface area contributed by atoms with Gasteiger partial charge in [0.25, 0.3) is 5.91 Å². The van der Waals surface area contributed by atoms with Crippen LogP contribution in [0.25, 0.3) is 0 Å². The smallest absolute Gasteiger partial charge is 0.323 e. The van der Waals surface area contributed by atoms with Crippen molar-refractivity contribution in [3.05, 3.63) is 65.4 Å². The lowest BCUT2D eigenvalue weighted by Crippen LogP contribution is -2.48. The zero-order chi connectivity index (χ0) is 27.3. The van der Waals surface area contributed by atoms with Gasteiger partial charge in [0.15, 0.2) is 5.13 Å². The molecule has 1 aromatic carbocycles. The highest BCUT2D eigenvalue weighted by atomic mass is 32.2. The fraction of sp³-hybridized carbons (Fsp3) is 0.360. The fourth-order valence-corrected chi connectivity index (χ4v) is 6.43. The van der Waals surface area contributed by atoms with Gasteiger partial charge in [0.2, 0.25) is 10.0 Å². The number of hydrogen-bond donors (Lipinski definition) is 3. The molecular weight excluding hydrogens is 528 g/mol. The van der Waals surface area contributed by atoms with Gasteiger partial charge in [0.1, 0.15) is 10.9 Å².